The zero-order chi connectivity index (χ0) is 15.9. The number of anilines is 1. The van der Waals surface area contributed by atoms with Crippen LogP contribution in [0.4, 0.5) is 10.5 Å². The van der Waals surface area contributed by atoms with Gasteiger partial charge in [0.15, 0.2) is 0 Å². The molecule has 6 nitrogen and oxygen atoms in total. The Kier molecular flexibility index (Phi) is 5.83. The SMILES string of the molecule is CCOC(=O)c1ccc(NC(=O)CCN2CCSC2=O)cc1. The predicted octanol–water partition coefficient (Wildman–Crippen LogP) is 2.36. The number of thioether (sulfide) groups is 1. The summed E-state index contributed by atoms with van der Waals surface area (Å²) in [6.45, 7) is 3.20. The number of amides is 2. The van der Waals surface area contributed by atoms with Crippen LogP contribution in [0.2, 0.25) is 0 Å². The summed E-state index contributed by atoms with van der Waals surface area (Å²) in [6, 6.07) is 6.52. The lowest BCUT2D eigenvalue weighted by atomic mass is 10.2. The van der Waals surface area contributed by atoms with Crippen LogP contribution >= 0.6 is 11.8 Å². The zero-order valence-corrected chi connectivity index (χ0v) is 13.1. The number of rotatable bonds is 6. The van der Waals surface area contributed by atoms with Gasteiger partial charge in [-0.05, 0) is 31.2 Å². The first-order valence-electron chi connectivity index (χ1n) is 7.09. The van der Waals surface area contributed by atoms with Crippen LogP contribution in [0.15, 0.2) is 24.3 Å². The van der Waals surface area contributed by atoms with Gasteiger partial charge in [0.25, 0.3) is 5.24 Å². The first kappa shape index (κ1) is 16.4. The maximum atomic E-state index is 11.8. The molecular weight excluding hydrogens is 304 g/mol. The third-order valence-corrected chi connectivity index (χ3v) is 4.03. The van der Waals surface area contributed by atoms with Crippen molar-refractivity contribution in [2.45, 2.75) is 13.3 Å². The Morgan fingerprint density at radius 1 is 1.32 bits per heavy atom. The molecule has 1 heterocycles. The number of nitrogens with zero attached hydrogens (tertiary/aromatic N) is 1. The molecule has 1 aromatic rings. The van der Waals surface area contributed by atoms with Crippen LogP contribution in [0.3, 0.4) is 0 Å². The highest BCUT2D eigenvalue weighted by molar-refractivity contribution is 8.13. The van der Waals surface area contributed by atoms with Crippen LogP contribution in [0.5, 0.6) is 0 Å². The van der Waals surface area contributed by atoms with Crippen molar-refractivity contribution in [2.24, 2.45) is 0 Å². The number of hydrogen-bond donors (Lipinski definition) is 1. The monoisotopic (exact) mass is 322 g/mol. The largest absolute Gasteiger partial charge is 0.462 e. The molecule has 1 saturated heterocycles. The molecule has 0 bridgehead atoms. The fraction of sp³-hybridized carbons (Fsp3) is 0.400. The molecule has 1 N–H and O–H groups in total. The van der Waals surface area contributed by atoms with Gasteiger partial charge in [-0.15, -0.1) is 0 Å². The number of carbonyl (C=O) groups is 3. The van der Waals surface area contributed by atoms with E-state index in [1.807, 2.05) is 0 Å². The van der Waals surface area contributed by atoms with Crippen molar-refractivity contribution in [3.05, 3.63) is 29.8 Å². The Bertz CT molecular complexity index is 559. The maximum absolute atomic E-state index is 11.8. The summed E-state index contributed by atoms with van der Waals surface area (Å²) in [5.41, 5.74) is 1.06. The molecule has 1 aliphatic rings. The van der Waals surface area contributed by atoms with Gasteiger partial charge in [-0.3, -0.25) is 9.59 Å². The van der Waals surface area contributed by atoms with Gasteiger partial charge in [0.2, 0.25) is 5.91 Å². The zero-order valence-electron chi connectivity index (χ0n) is 12.3. The van der Waals surface area contributed by atoms with Gasteiger partial charge in [-0.25, -0.2) is 4.79 Å². The van der Waals surface area contributed by atoms with Crippen LogP contribution in [0.1, 0.15) is 23.7 Å². The molecule has 7 heteroatoms. The van der Waals surface area contributed by atoms with Gasteiger partial charge in [-0.2, -0.15) is 0 Å². The van der Waals surface area contributed by atoms with Crippen LogP contribution in [-0.4, -0.2) is 47.5 Å². The second-order valence-electron chi connectivity index (χ2n) is 4.70. The first-order valence-corrected chi connectivity index (χ1v) is 8.07. The van der Waals surface area contributed by atoms with Crippen molar-refractivity contribution in [3.63, 3.8) is 0 Å². The van der Waals surface area contributed by atoms with Crippen LogP contribution in [0.25, 0.3) is 0 Å². The van der Waals surface area contributed by atoms with E-state index in [-0.39, 0.29) is 23.5 Å². The van der Waals surface area contributed by atoms with Crippen molar-refractivity contribution < 1.29 is 19.1 Å². The number of ether oxygens (including phenoxy) is 1. The van der Waals surface area contributed by atoms with Crippen molar-refractivity contribution in [3.8, 4) is 0 Å². The lowest BCUT2D eigenvalue weighted by molar-refractivity contribution is -0.116. The molecule has 0 aliphatic carbocycles. The van der Waals surface area contributed by atoms with E-state index in [9.17, 15) is 14.4 Å². The van der Waals surface area contributed by atoms with Gasteiger partial charge in [0, 0.05) is 31.0 Å². The number of esters is 1. The average molecular weight is 322 g/mol. The van der Waals surface area contributed by atoms with Crippen LogP contribution < -0.4 is 5.32 Å². The quantitative estimate of drug-likeness (QED) is 0.814. The number of hydrogen-bond acceptors (Lipinski definition) is 5. The van der Waals surface area contributed by atoms with Crippen LogP contribution in [-0.2, 0) is 9.53 Å². The number of benzene rings is 1. The maximum Gasteiger partial charge on any atom is 0.338 e. The van der Waals surface area contributed by atoms with E-state index >= 15 is 0 Å². The van der Waals surface area contributed by atoms with Crippen molar-refractivity contribution in [2.75, 3.05) is 30.8 Å². The van der Waals surface area contributed by atoms with E-state index in [0.29, 0.717) is 30.9 Å². The summed E-state index contributed by atoms with van der Waals surface area (Å²) >= 11 is 1.28. The third kappa shape index (κ3) is 4.49. The van der Waals surface area contributed by atoms with E-state index in [0.717, 1.165) is 5.75 Å². The second kappa shape index (κ2) is 7.84. The number of carbonyl (C=O) groups excluding carboxylic acids is 3. The smallest absolute Gasteiger partial charge is 0.338 e. The molecule has 0 saturated carbocycles. The molecular formula is C15H18N2O4S. The van der Waals surface area contributed by atoms with Crippen LogP contribution in [0, 0.1) is 0 Å². The highest BCUT2D eigenvalue weighted by Gasteiger charge is 2.21. The number of nitrogens with one attached hydrogen (secondary N) is 1. The lowest BCUT2D eigenvalue weighted by Crippen LogP contribution is -2.27. The molecule has 0 spiro atoms. The predicted molar refractivity (Wildman–Crippen MR) is 85.1 cm³/mol. The molecule has 1 aromatic carbocycles. The summed E-state index contributed by atoms with van der Waals surface area (Å²) in [6.07, 6.45) is 0.256. The topological polar surface area (TPSA) is 75.7 Å². The molecule has 1 aliphatic heterocycles. The second-order valence-corrected chi connectivity index (χ2v) is 5.74. The van der Waals surface area contributed by atoms with E-state index < -0.39 is 0 Å². The third-order valence-electron chi connectivity index (χ3n) is 3.13. The molecule has 0 aromatic heterocycles. The van der Waals surface area contributed by atoms with Gasteiger partial charge >= 0.3 is 5.97 Å². The summed E-state index contributed by atoms with van der Waals surface area (Å²) < 4.78 is 4.89. The van der Waals surface area contributed by atoms with Gasteiger partial charge in [0.1, 0.15) is 0 Å². The van der Waals surface area contributed by atoms with E-state index in [1.54, 1.807) is 36.1 Å². The minimum Gasteiger partial charge on any atom is -0.462 e. The summed E-state index contributed by atoms with van der Waals surface area (Å²) in [7, 11) is 0. The molecule has 22 heavy (non-hydrogen) atoms. The molecule has 0 unspecified atom stereocenters. The molecule has 0 radical (unpaired) electrons. The Morgan fingerprint density at radius 3 is 2.64 bits per heavy atom. The lowest BCUT2D eigenvalue weighted by Gasteiger charge is -2.14. The normalized spacial score (nSPS) is 14.0. The minimum absolute atomic E-state index is 0.0339. The highest BCUT2D eigenvalue weighted by atomic mass is 32.2. The molecule has 2 rings (SSSR count). The van der Waals surface area contributed by atoms with E-state index in [4.69, 9.17) is 4.74 Å². The van der Waals surface area contributed by atoms with E-state index in [1.165, 1.54) is 11.8 Å². The van der Waals surface area contributed by atoms with Gasteiger partial charge < -0.3 is 15.0 Å². The van der Waals surface area contributed by atoms with Crippen molar-refractivity contribution in [1.82, 2.24) is 4.90 Å². The Morgan fingerprint density at radius 2 is 2.05 bits per heavy atom. The Hall–Kier alpha value is -2.02. The first-order chi connectivity index (χ1) is 10.6. The highest BCUT2D eigenvalue weighted by Crippen LogP contribution is 2.17. The van der Waals surface area contributed by atoms with E-state index in [2.05, 4.69) is 5.32 Å². The Labute approximate surface area is 133 Å². The standard InChI is InChI=1S/C15H18N2O4S/c1-2-21-14(19)11-3-5-12(6-4-11)16-13(18)7-8-17-9-10-22-15(17)20/h3-6H,2,7-10H2,1H3,(H,16,18). The van der Waals surface area contributed by atoms with Crippen molar-refractivity contribution >= 4 is 34.6 Å². The summed E-state index contributed by atoms with van der Waals surface area (Å²) in [5.74, 6) is 0.245. The van der Waals surface area contributed by atoms with Gasteiger partial charge in [0.05, 0.1) is 12.2 Å². The fourth-order valence-corrected chi connectivity index (χ4v) is 2.84. The molecule has 0 atom stereocenters. The van der Waals surface area contributed by atoms with Crippen molar-refractivity contribution in [1.29, 1.82) is 0 Å². The van der Waals surface area contributed by atoms with Gasteiger partial charge in [-0.1, -0.05) is 11.8 Å². The summed E-state index contributed by atoms with van der Waals surface area (Å²) in [4.78, 5) is 36.4. The molecule has 118 valence electrons. The average Bonchev–Trinajstić information content (AvgIpc) is 2.91. The minimum atomic E-state index is -0.384. The molecule has 2 amide bonds. The summed E-state index contributed by atoms with van der Waals surface area (Å²) in [5, 5.41) is 2.78. The Balaban J connectivity index is 1.81. The molecule has 1 fully saturated rings. The fourth-order valence-electron chi connectivity index (χ4n) is 1.99.